The second kappa shape index (κ2) is 5.74. The molecule has 1 aliphatic rings. The van der Waals surface area contributed by atoms with Crippen molar-refractivity contribution < 1.29 is 26.5 Å². The van der Waals surface area contributed by atoms with Crippen LogP contribution in [-0.2, 0) is 16.6 Å². The van der Waals surface area contributed by atoms with Crippen molar-refractivity contribution in [3.63, 3.8) is 0 Å². The monoisotopic (exact) mass is 360 g/mol. The number of benzene rings is 2. The Kier molecular flexibility index (Phi) is 4.03. The minimum atomic E-state index is -4.95. The van der Waals surface area contributed by atoms with Crippen LogP contribution in [0.5, 0.6) is 11.5 Å². The molecular weight excluding hydrogens is 350 g/mol. The van der Waals surface area contributed by atoms with E-state index in [9.17, 15) is 21.8 Å². The van der Waals surface area contributed by atoms with Gasteiger partial charge in [-0.15, -0.1) is 3.89 Å². The maximum Gasteiger partial charge on any atom is 0.332 e. The second-order valence-corrected chi connectivity index (χ2v) is 6.85. The number of ether oxygens (including phenoxy) is 1. The Morgan fingerprint density at radius 1 is 1.26 bits per heavy atom. The smallest absolute Gasteiger partial charge is 0.332 e. The molecule has 0 aliphatic heterocycles. The largest absolute Gasteiger partial charge is 0.457 e. The fourth-order valence-electron chi connectivity index (χ4n) is 2.65. The van der Waals surface area contributed by atoms with E-state index in [4.69, 9.17) is 16.3 Å². The van der Waals surface area contributed by atoms with Crippen molar-refractivity contribution >= 4 is 21.8 Å². The van der Waals surface area contributed by atoms with E-state index >= 15 is 0 Å². The first-order chi connectivity index (χ1) is 10.8. The summed E-state index contributed by atoms with van der Waals surface area (Å²) >= 11 is 5.68. The first-order valence-electron chi connectivity index (χ1n) is 6.69. The number of aliphatic hydroxyl groups excluding tert-OH is 1. The molecule has 1 N–H and O–H groups in total. The van der Waals surface area contributed by atoms with Gasteiger partial charge in [-0.3, -0.25) is 0 Å². The van der Waals surface area contributed by atoms with E-state index in [2.05, 4.69) is 0 Å². The molecule has 2 aromatic carbocycles. The molecule has 0 amide bonds. The lowest BCUT2D eigenvalue weighted by molar-refractivity contribution is 0.177. The van der Waals surface area contributed by atoms with Crippen LogP contribution in [0.2, 0.25) is 5.02 Å². The Balaban J connectivity index is 2.06. The van der Waals surface area contributed by atoms with Gasteiger partial charge >= 0.3 is 10.2 Å². The fourth-order valence-corrected chi connectivity index (χ4v) is 3.57. The number of rotatable bonds is 3. The zero-order valence-electron chi connectivity index (χ0n) is 11.6. The number of aliphatic hydroxyl groups is 1. The van der Waals surface area contributed by atoms with Gasteiger partial charge in [-0.05, 0) is 37.1 Å². The molecular formula is C15H11ClF2O4S. The highest BCUT2D eigenvalue weighted by molar-refractivity contribution is 7.86. The van der Waals surface area contributed by atoms with Crippen LogP contribution >= 0.6 is 11.6 Å². The van der Waals surface area contributed by atoms with E-state index in [0.29, 0.717) is 12.0 Å². The maximum absolute atomic E-state index is 13.4. The first-order valence-corrected chi connectivity index (χ1v) is 8.45. The van der Waals surface area contributed by atoms with Gasteiger partial charge in [0.15, 0.2) is 0 Å². The summed E-state index contributed by atoms with van der Waals surface area (Å²) in [5.74, 6) is -0.0824. The molecule has 1 aliphatic carbocycles. The Morgan fingerprint density at radius 3 is 2.65 bits per heavy atom. The quantitative estimate of drug-likeness (QED) is 0.843. The van der Waals surface area contributed by atoms with E-state index in [0.717, 1.165) is 12.1 Å². The van der Waals surface area contributed by atoms with Crippen LogP contribution in [0.4, 0.5) is 8.28 Å². The van der Waals surface area contributed by atoms with Gasteiger partial charge in [-0.2, -0.15) is 8.42 Å². The lowest BCUT2D eigenvalue weighted by atomic mass is 10.1. The third-order valence-electron chi connectivity index (χ3n) is 3.66. The second-order valence-electron chi connectivity index (χ2n) is 5.12. The van der Waals surface area contributed by atoms with E-state index < -0.39 is 27.0 Å². The fraction of sp³-hybridized carbons (Fsp3) is 0.200. The molecule has 122 valence electrons. The summed E-state index contributed by atoms with van der Waals surface area (Å²) in [6.45, 7) is 0. The molecule has 0 saturated heterocycles. The van der Waals surface area contributed by atoms with Gasteiger partial charge in [0.05, 0.1) is 11.1 Å². The van der Waals surface area contributed by atoms with Gasteiger partial charge < -0.3 is 9.84 Å². The highest BCUT2D eigenvalue weighted by Crippen LogP contribution is 2.42. The summed E-state index contributed by atoms with van der Waals surface area (Å²) < 4.78 is 54.5. The highest BCUT2D eigenvalue weighted by atomic mass is 35.5. The van der Waals surface area contributed by atoms with Gasteiger partial charge in [0.2, 0.25) is 0 Å². The van der Waals surface area contributed by atoms with Crippen molar-refractivity contribution in [3.8, 4) is 11.5 Å². The zero-order chi connectivity index (χ0) is 16.8. The molecule has 0 aromatic heterocycles. The van der Waals surface area contributed by atoms with Gasteiger partial charge in [-0.25, -0.2) is 4.39 Å². The van der Waals surface area contributed by atoms with Crippen LogP contribution in [0.15, 0.2) is 35.2 Å². The Morgan fingerprint density at radius 2 is 2.00 bits per heavy atom. The summed E-state index contributed by atoms with van der Waals surface area (Å²) in [7, 11) is -4.95. The van der Waals surface area contributed by atoms with E-state index in [1.54, 1.807) is 0 Å². The molecule has 0 bridgehead atoms. The summed E-state index contributed by atoms with van der Waals surface area (Å²) in [4.78, 5) is -0.554. The molecule has 8 heteroatoms. The molecule has 3 rings (SSSR count). The molecule has 0 saturated carbocycles. The molecule has 23 heavy (non-hydrogen) atoms. The van der Waals surface area contributed by atoms with Crippen LogP contribution < -0.4 is 4.74 Å². The molecule has 0 heterocycles. The lowest BCUT2D eigenvalue weighted by Crippen LogP contribution is -2.03. The normalized spacial score (nSPS) is 17.1. The molecule has 0 fully saturated rings. The third kappa shape index (κ3) is 3.04. The Labute approximate surface area is 136 Å². The Hall–Kier alpha value is -1.70. The van der Waals surface area contributed by atoms with Gasteiger partial charge in [0.1, 0.15) is 22.2 Å². The molecule has 1 unspecified atom stereocenters. The molecule has 0 radical (unpaired) electrons. The van der Waals surface area contributed by atoms with Crippen LogP contribution in [0.25, 0.3) is 0 Å². The predicted octanol–water partition coefficient (Wildman–Crippen LogP) is 3.91. The standard InChI is InChI=1S/C15H11ClF2O4S/c16-10-7-8(1-3-11(10)17)22-13-5-6-14(23(18,20)21)15-9(13)2-4-12(15)19/h1,3,5-7,12,19H,2,4H2. The average Bonchev–Trinajstić information content (AvgIpc) is 2.85. The SMILES string of the molecule is O=S(=O)(F)c1ccc(Oc2ccc(F)c(Cl)c2)c2c1C(O)CC2. The zero-order valence-corrected chi connectivity index (χ0v) is 13.2. The maximum atomic E-state index is 13.4. The van der Waals surface area contributed by atoms with Crippen molar-refractivity contribution in [2.75, 3.05) is 0 Å². The van der Waals surface area contributed by atoms with Crippen molar-refractivity contribution in [2.24, 2.45) is 0 Å². The van der Waals surface area contributed by atoms with Crippen LogP contribution in [0, 0.1) is 5.82 Å². The molecule has 0 spiro atoms. The van der Waals surface area contributed by atoms with Crippen molar-refractivity contribution in [1.29, 1.82) is 0 Å². The van der Waals surface area contributed by atoms with Crippen LogP contribution in [0.1, 0.15) is 23.7 Å². The average molecular weight is 361 g/mol. The van der Waals surface area contributed by atoms with Gasteiger partial charge in [0, 0.05) is 17.2 Å². The summed E-state index contributed by atoms with van der Waals surface area (Å²) in [5, 5.41) is 9.82. The minimum absolute atomic E-state index is 0.0122. The van der Waals surface area contributed by atoms with Crippen LogP contribution in [-0.4, -0.2) is 13.5 Å². The number of halogens is 3. The van der Waals surface area contributed by atoms with E-state index in [-0.39, 0.29) is 28.5 Å². The summed E-state index contributed by atoms with van der Waals surface area (Å²) in [5.41, 5.74) is 0.426. The van der Waals surface area contributed by atoms with Gasteiger partial charge in [0.25, 0.3) is 0 Å². The number of hydrogen-bond acceptors (Lipinski definition) is 4. The minimum Gasteiger partial charge on any atom is -0.457 e. The van der Waals surface area contributed by atoms with E-state index in [1.165, 1.54) is 18.2 Å². The van der Waals surface area contributed by atoms with Crippen molar-refractivity contribution in [1.82, 2.24) is 0 Å². The lowest BCUT2D eigenvalue weighted by Gasteiger charge is -2.14. The molecule has 2 aromatic rings. The first kappa shape index (κ1) is 16.2. The Bertz CT molecular complexity index is 883. The number of fused-ring (bicyclic) bond motifs is 1. The van der Waals surface area contributed by atoms with Crippen molar-refractivity contribution in [2.45, 2.75) is 23.8 Å². The third-order valence-corrected chi connectivity index (χ3v) is 4.83. The summed E-state index contributed by atoms with van der Waals surface area (Å²) in [6, 6.07) is 6.12. The topological polar surface area (TPSA) is 63.6 Å². The highest BCUT2D eigenvalue weighted by Gasteiger charge is 2.32. The summed E-state index contributed by atoms with van der Waals surface area (Å²) in [6.07, 6.45) is -0.474. The van der Waals surface area contributed by atoms with Crippen LogP contribution in [0.3, 0.4) is 0 Å². The van der Waals surface area contributed by atoms with Gasteiger partial charge in [-0.1, -0.05) is 11.6 Å². The molecule has 1 atom stereocenters. The molecule has 4 nitrogen and oxygen atoms in total. The van der Waals surface area contributed by atoms with E-state index in [1.807, 2.05) is 0 Å². The number of hydrogen-bond donors (Lipinski definition) is 1. The van der Waals surface area contributed by atoms with Crippen molar-refractivity contribution in [3.05, 3.63) is 52.3 Å². The predicted molar refractivity (Wildman–Crippen MR) is 79.5 cm³/mol.